The monoisotopic (exact) mass is 289 g/mol. The normalized spacial score (nSPS) is 15.3. The number of hydrogen-bond acceptors (Lipinski definition) is 5. The summed E-state index contributed by atoms with van der Waals surface area (Å²) in [6.45, 7) is 4.17. The molecule has 0 radical (unpaired) electrons. The van der Waals surface area contributed by atoms with Crippen molar-refractivity contribution in [3.63, 3.8) is 0 Å². The van der Waals surface area contributed by atoms with Crippen molar-refractivity contribution in [1.29, 1.82) is 0 Å². The lowest BCUT2D eigenvalue weighted by atomic mass is 10.1. The molecule has 4 nitrogen and oxygen atoms in total. The lowest BCUT2D eigenvalue weighted by Crippen LogP contribution is -2.43. The quantitative estimate of drug-likeness (QED) is 0.936. The van der Waals surface area contributed by atoms with Crippen LogP contribution < -0.4 is 15.0 Å². The van der Waals surface area contributed by atoms with Crippen molar-refractivity contribution in [2.24, 2.45) is 0 Å². The Morgan fingerprint density at radius 1 is 1.30 bits per heavy atom. The van der Waals surface area contributed by atoms with Crippen molar-refractivity contribution in [1.82, 2.24) is 10.3 Å². The summed E-state index contributed by atoms with van der Waals surface area (Å²) in [4.78, 5) is 7.12. The van der Waals surface area contributed by atoms with E-state index < -0.39 is 0 Å². The summed E-state index contributed by atoms with van der Waals surface area (Å²) in [5.41, 5.74) is 2.31. The van der Waals surface area contributed by atoms with Crippen LogP contribution in [0.15, 0.2) is 29.6 Å². The average Bonchev–Trinajstić information content (AvgIpc) is 2.97. The van der Waals surface area contributed by atoms with E-state index >= 15 is 0 Å². The average molecular weight is 289 g/mol. The number of methoxy groups -OCH3 is 1. The predicted molar refractivity (Wildman–Crippen MR) is 83.0 cm³/mol. The van der Waals surface area contributed by atoms with E-state index in [0.717, 1.165) is 49.2 Å². The Morgan fingerprint density at radius 3 is 2.90 bits per heavy atom. The molecule has 0 unspecified atom stereocenters. The third-order valence-corrected chi connectivity index (χ3v) is 4.44. The Labute approximate surface area is 123 Å². The summed E-state index contributed by atoms with van der Waals surface area (Å²) in [5, 5.41) is 6.66. The molecule has 1 saturated heterocycles. The van der Waals surface area contributed by atoms with E-state index in [1.165, 1.54) is 5.56 Å². The van der Waals surface area contributed by atoms with Gasteiger partial charge in [0.1, 0.15) is 5.75 Å². The number of nitrogens with one attached hydrogen (secondary N) is 1. The van der Waals surface area contributed by atoms with Gasteiger partial charge in [0, 0.05) is 43.5 Å². The van der Waals surface area contributed by atoms with Gasteiger partial charge in [0.05, 0.1) is 12.8 Å². The molecule has 0 saturated carbocycles. The molecule has 106 valence electrons. The van der Waals surface area contributed by atoms with E-state index in [1.807, 2.05) is 18.2 Å². The highest BCUT2D eigenvalue weighted by Crippen LogP contribution is 2.25. The van der Waals surface area contributed by atoms with Gasteiger partial charge in [-0.25, -0.2) is 4.98 Å². The van der Waals surface area contributed by atoms with Crippen LogP contribution in [0.2, 0.25) is 0 Å². The van der Waals surface area contributed by atoms with Crippen LogP contribution in [-0.2, 0) is 6.42 Å². The highest BCUT2D eigenvalue weighted by atomic mass is 32.1. The van der Waals surface area contributed by atoms with Crippen LogP contribution in [0.25, 0.3) is 0 Å². The second-order valence-corrected chi connectivity index (χ2v) is 5.68. The molecule has 1 aromatic carbocycles. The molecular weight excluding hydrogens is 270 g/mol. The minimum Gasteiger partial charge on any atom is -0.496 e. The standard InChI is InChI=1S/C15H19N3OS/c1-19-14-5-3-2-4-12(14)10-13-11-20-15(17-13)18-8-6-16-7-9-18/h2-5,11,16H,6-10H2,1H3. The zero-order chi connectivity index (χ0) is 13.8. The Balaban J connectivity index is 1.73. The van der Waals surface area contributed by atoms with E-state index in [9.17, 15) is 0 Å². The lowest BCUT2D eigenvalue weighted by molar-refractivity contribution is 0.410. The van der Waals surface area contributed by atoms with Gasteiger partial charge in [-0.15, -0.1) is 11.3 Å². The Kier molecular flexibility index (Phi) is 4.18. The maximum Gasteiger partial charge on any atom is 0.185 e. The second-order valence-electron chi connectivity index (χ2n) is 4.85. The molecule has 0 amide bonds. The molecule has 1 aliphatic rings. The summed E-state index contributed by atoms with van der Waals surface area (Å²) >= 11 is 1.73. The van der Waals surface area contributed by atoms with Crippen molar-refractivity contribution in [2.45, 2.75) is 6.42 Å². The maximum absolute atomic E-state index is 5.40. The molecule has 0 spiro atoms. The largest absolute Gasteiger partial charge is 0.496 e. The molecule has 1 aromatic heterocycles. The number of anilines is 1. The first-order chi connectivity index (χ1) is 9.86. The molecule has 5 heteroatoms. The molecule has 20 heavy (non-hydrogen) atoms. The van der Waals surface area contributed by atoms with Crippen molar-refractivity contribution >= 4 is 16.5 Å². The van der Waals surface area contributed by atoms with Gasteiger partial charge in [-0.3, -0.25) is 0 Å². The number of ether oxygens (including phenoxy) is 1. The van der Waals surface area contributed by atoms with E-state index in [1.54, 1.807) is 18.4 Å². The predicted octanol–water partition coefficient (Wildman–Crippen LogP) is 2.15. The summed E-state index contributed by atoms with van der Waals surface area (Å²) in [6, 6.07) is 8.14. The van der Waals surface area contributed by atoms with Crippen LogP contribution in [0.5, 0.6) is 5.75 Å². The maximum atomic E-state index is 5.40. The third kappa shape index (κ3) is 2.94. The van der Waals surface area contributed by atoms with Crippen LogP contribution in [-0.4, -0.2) is 38.3 Å². The number of benzene rings is 1. The fraction of sp³-hybridized carbons (Fsp3) is 0.400. The van der Waals surface area contributed by atoms with Gasteiger partial charge < -0.3 is 15.0 Å². The van der Waals surface area contributed by atoms with Gasteiger partial charge in [0.15, 0.2) is 5.13 Å². The Hall–Kier alpha value is -1.59. The first kappa shape index (κ1) is 13.4. The lowest BCUT2D eigenvalue weighted by Gasteiger charge is -2.26. The fourth-order valence-electron chi connectivity index (χ4n) is 2.42. The third-order valence-electron chi connectivity index (χ3n) is 3.49. The van der Waals surface area contributed by atoms with Gasteiger partial charge in [0.2, 0.25) is 0 Å². The fourth-order valence-corrected chi connectivity index (χ4v) is 3.30. The van der Waals surface area contributed by atoms with Gasteiger partial charge in [-0.2, -0.15) is 0 Å². The minimum atomic E-state index is 0.826. The minimum absolute atomic E-state index is 0.826. The van der Waals surface area contributed by atoms with Crippen molar-refractivity contribution in [3.8, 4) is 5.75 Å². The number of aromatic nitrogens is 1. The Morgan fingerprint density at radius 2 is 2.10 bits per heavy atom. The van der Waals surface area contributed by atoms with E-state index in [0.29, 0.717) is 0 Å². The second kappa shape index (κ2) is 6.24. The molecule has 2 heterocycles. The van der Waals surface area contributed by atoms with Crippen LogP contribution in [0.4, 0.5) is 5.13 Å². The Bertz CT molecular complexity index is 564. The highest BCUT2D eigenvalue weighted by Gasteiger charge is 2.14. The molecule has 2 aromatic rings. The number of hydrogen-bond donors (Lipinski definition) is 1. The molecular formula is C15H19N3OS. The molecule has 0 bridgehead atoms. The number of thiazole rings is 1. The van der Waals surface area contributed by atoms with Gasteiger partial charge in [-0.1, -0.05) is 18.2 Å². The van der Waals surface area contributed by atoms with Crippen LogP contribution >= 0.6 is 11.3 Å². The summed E-state index contributed by atoms with van der Waals surface area (Å²) in [7, 11) is 1.71. The van der Waals surface area contributed by atoms with Gasteiger partial charge in [-0.05, 0) is 6.07 Å². The number of rotatable bonds is 4. The van der Waals surface area contributed by atoms with E-state index in [-0.39, 0.29) is 0 Å². The SMILES string of the molecule is COc1ccccc1Cc1csc(N2CCNCC2)n1. The molecule has 0 aliphatic carbocycles. The number of piperazine rings is 1. The van der Waals surface area contributed by atoms with Crippen molar-refractivity contribution < 1.29 is 4.74 Å². The molecule has 3 rings (SSSR count). The van der Waals surface area contributed by atoms with Crippen molar-refractivity contribution in [2.75, 3.05) is 38.2 Å². The summed E-state index contributed by atoms with van der Waals surface area (Å²) in [6.07, 6.45) is 0.826. The highest BCUT2D eigenvalue weighted by molar-refractivity contribution is 7.13. The zero-order valence-corrected chi connectivity index (χ0v) is 12.4. The van der Waals surface area contributed by atoms with Crippen LogP contribution in [0.1, 0.15) is 11.3 Å². The van der Waals surface area contributed by atoms with Gasteiger partial charge >= 0.3 is 0 Å². The first-order valence-electron chi connectivity index (χ1n) is 6.89. The number of nitrogens with zero attached hydrogens (tertiary/aromatic N) is 2. The van der Waals surface area contributed by atoms with E-state index in [2.05, 4.69) is 21.7 Å². The summed E-state index contributed by atoms with van der Waals surface area (Å²) in [5.74, 6) is 0.934. The van der Waals surface area contributed by atoms with E-state index in [4.69, 9.17) is 9.72 Å². The van der Waals surface area contributed by atoms with Crippen LogP contribution in [0, 0.1) is 0 Å². The molecule has 1 aliphatic heterocycles. The van der Waals surface area contributed by atoms with Crippen molar-refractivity contribution in [3.05, 3.63) is 40.9 Å². The zero-order valence-electron chi connectivity index (χ0n) is 11.6. The smallest absolute Gasteiger partial charge is 0.185 e. The first-order valence-corrected chi connectivity index (χ1v) is 7.77. The van der Waals surface area contributed by atoms with Crippen LogP contribution in [0.3, 0.4) is 0 Å². The molecule has 1 fully saturated rings. The number of para-hydroxylation sites is 1. The summed E-state index contributed by atoms with van der Waals surface area (Å²) < 4.78 is 5.40. The van der Waals surface area contributed by atoms with Gasteiger partial charge in [0.25, 0.3) is 0 Å². The molecule has 1 N–H and O–H groups in total. The molecule has 0 atom stereocenters. The topological polar surface area (TPSA) is 37.4 Å².